The molecule has 75 heavy (non-hydrogen) atoms. The SMILES string of the molecule is CC(C)(C)c1ccc(-c2c(OP(O)OP(O)O)c(-c3ccc(C(C)(C)C)cc3C(C)(C)C)c(-c3ccc(C(C)(C)C)cc3C(C)(C)C)c(-c3ccccc3)c2-c2ccc(C(C)(C)C)cc2C(C)(C)C)c(C(C)(C)C)c1. The second-order valence-electron chi connectivity index (χ2n) is 29.3. The molecule has 7 heteroatoms. The molecule has 0 aliphatic heterocycles. The summed E-state index contributed by atoms with van der Waals surface area (Å²) < 4.78 is 12.8. The molecule has 6 aromatic carbocycles. The summed E-state index contributed by atoms with van der Waals surface area (Å²) in [6.45, 7) is 54.6. The minimum atomic E-state index is -3.01. The highest BCUT2D eigenvalue weighted by molar-refractivity contribution is 7.54. The molecule has 0 aromatic heterocycles. The Kier molecular flexibility index (Phi) is 16.7. The van der Waals surface area contributed by atoms with Crippen LogP contribution in [-0.4, -0.2) is 14.7 Å². The molecule has 0 aliphatic carbocycles. The van der Waals surface area contributed by atoms with Crippen molar-refractivity contribution < 1.29 is 23.5 Å². The van der Waals surface area contributed by atoms with Crippen LogP contribution >= 0.6 is 17.2 Å². The van der Waals surface area contributed by atoms with Crippen LogP contribution in [0.3, 0.4) is 0 Å². The number of rotatable bonds is 9. The summed E-state index contributed by atoms with van der Waals surface area (Å²) in [5, 5.41) is 0. The van der Waals surface area contributed by atoms with Crippen molar-refractivity contribution in [3.05, 3.63) is 148 Å². The third kappa shape index (κ3) is 13.2. The molecule has 0 fully saturated rings. The van der Waals surface area contributed by atoms with Crippen molar-refractivity contribution in [1.29, 1.82) is 0 Å². The van der Waals surface area contributed by atoms with Gasteiger partial charge in [0.05, 0.1) is 0 Å². The van der Waals surface area contributed by atoms with Crippen molar-refractivity contribution >= 4 is 17.2 Å². The van der Waals surface area contributed by atoms with E-state index in [1.807, 2.05) is 0 Å². The van der Waals surface area contributed by atoms with Gasteiger partial charge >= 0.3 is 17.2 Å². The first-order valence-electron chi connectivity index (χ1n) is 27.0. The molecular formula is C68H92O5P2. The summed E-state index contributed by atoms with van der Waals surface area (Å²) in [5.41, 5.74) is 16.8. The van der Waals surface area contributed by atoms with Crippen molar-refractivity contribution in [3.63, 3.8) is 0 Å². The van der Waals surface area contributed by atoms with Crippen LogP contribution in [-0.2, 0) is 47.6 Å². The van der Waals surface area contributed by atoms with Gasteiger partial charge in [-0.15, -0.1) is 0 Å². The van der Waals surface area contributed by atoms with Crippen LogP contribution in [0.25, 0.3) is 55.6 Å². The van der Waals surface area contributed by atoms with E-state index in [0.717, 1.165) is 66.8 Å². The van der Waals surface area contributed by atoms with Gasteiger partial charge in [0.1, 0.15) is 5.75 Å². The highest BCUT2D eigenvalue weighted by Gasteiger charge is 2.39. The lowest BCUT2D eigenvalue weighted by Crippen LogP contribution is -2.20. The summed E-state index contributed by atoms with van der Waals surface area (Å²) in [6, 6.07) is 38.7. The van der Waals surface area contributed by atoms with E-state index in [1.54, 1.807) is 0 Å². The molecule has 0 heterocycles. The number of hydrogen-bond acceptors (Lipinski definition) is 5. The largest absolute Gasteiger partial charge is 0.425 e. The van der Waals surface area contributed by atoms with Crippen LogP contribution in [0.5, 0.6) is 5.75 Å². The van der Waals surface area contributed by atoms with Crippen LogP contribution in [0.2, 0.25) is 0 Å². The Balaban J connectivity index is 2.21. The molecule has 6 rings (SSSR count). The molecule has 0 spiro atoms. The third-order valence-electron chi connectivity index (χ3n) is 14.7. The molecule has 0 saturated heterocycles. The van der Waals surface area contributed by atoms with Crippen molar-refractivity contribution in [2.24, 2.45) is 0 Å². The van der Waals surface area contributed by atoms with E-state index in [1.165, 1.54) is 33.4 Å². The monoisotopic (exact) mass is 1050 g/mol. The van der Waals surface area contributed by atoms with Crippen LogP contribution in [0.15, 0.2) is 103 Å². The van der Waals surface area contributed by atoms with E-state index in [-0.39, 0.29) is 32.5 Å². The maximum absolute atomic E-state index is 12.3. The van der Waals surface area contributed by atoms with Crippen molar-refractivity contribution in [2.75, 3.05) is 0 Å². The van der Waals surface area contributed by atoms with Gasteiger partial charge in [-0.1, -0.05) is 269 Å². The van der Waals surface area contributed by atoms with Gasteiger partial charge in [-0.25, -0.2) is 4.31 Å². The molecule has 6 aromatic rings. The zero-order valence-electron chi connectivity index (χ0n) is 50.4. The van der Waals surface area contributed by atoms with E-state index in [4.69, 9.17) is 8.83 Å². The Morgan fingerprint density at radius 1 is 0.307 bits per heavy atom. The summed E-state index contributed by atoms with van der Waals surface area (Å²) in [5.74, 6) is 0.410. The molecular weight excluding hydrogens is 959 g/mol. The normalized spacial score (nSPS) is 13.9. The second-order valence-corrected chi connectivity index (χ2v) is 31.1. The zero-order valence-corrected chi connectivity index (χ0v) is 52.2. The molecule has 1 atom stereocenters. The van der Waals surface area contributed by atoms with Crippen LogP contribution in [0.4, 0.5) is 0 Å². The van der Waals surface area contributed by atoms with Gasteiger partial charge in [-0.05, 0) is 121 Å². The molecule has 1 unspecified atom stereocenters. The molecule has 404 valence electrons. The fraction of sp³-hybridized carbons (Fsp3) is 0.471. The van der Waals surface area contributed by atoms with E-state index in [2.05, 4.69) is 269 Å². The summed E-state index contributed by atoms with van der Waals surface area (Å²) in [4.78, 5) is 33.4. The lowest BCUT2D eigenvalue weighted by atomic mass is 9.68. The number of benzene rings is 6. The fourth-order valence-electron chi connectivity index (χ4n) is 10.3. The topological polar surface area (TPSA) is 79.2 Å². The standard InChI is InChI=1S/C68H92O5P2/c1-61(2,3)43-30-34-47(51(38-43)65(13,14)15)56-55(42-28-26-25-27-29-42)57(48-35-31-44(62(4,5)6)39-52(48)66(16,17)18)59(50-37-33-46(64(10,11)12)41-54(50)68(22,23)24)60(72-75(71)73-74(69)70)58(56)49-36-32-45(63(7,8)9)40-53(49)67(19,20)21/h25-41,69-71H,1-24H3. The molecule has 5 nitrogen and oxygen atoms in total. The molecule has 0 radical (unpaired) electrons. The Morgan fingerprint density at radius 3 is 0.813 bits per heavy atom. The molecule has 0 bridgehead atoms. The minimum absolute atomic E-state index is 0.148. The molecule has 3 N–H and O–H groups in total. The van der Waals surface area contributed by atoms with Crippen LogP contribution < -0.4 is 4.52 Å². The lowest BCUT2D eigenvalue weighted by Gasteiger charge is -2.36. The van der Waals surface area contributed by atoms with Gasteiger partial charge < -0.3 is 19.2 Å². The van der Waals surface area contributed by atoms with Crippen molar-refractivity contribution in [3.8, 4) is 61.4 Å². The van der Waals surface area contributed by atoms with E-state index in [0.29, 0.717) is 5.75 Å². The van der Waals surface area contributed by atoms with Gasteiger partial charge in [-0.3, -0.25) is 0 Å². The molecule has 0 saturated carbocycles. The van der Waals surface area contributed by atoms with Crippen LogP contribution in [0, 0.1) is 0 Å². The Bertz CT molecular complexity index is 2860. The van der Waals surface area contributed by atoms with Crippen molar-refractivity contribution in [1.82, 2.24) is 0 Å². The van der Waals surface area contributed by atoms with Gasteiger partial charge in [0, 0.05) is 22.3 Å². The van der Waals surface area contributed by atoms with Crippen molar-refractivity contribution in [2.45, 2.75) is 209 Å². The van der Waals surface area contributed by atoms with E-state index < -0.39 is 28.0 Å². The van der Waals surface area contributed by atoms with Gasteiger partial charge in [0.15, 0.2) is 0 Å². The predicted molar refractivity (Wildman–Crippen MR) is 325 cm³/mol. The highest BCUT2D eigenvalue weighted by Crippen LogP contribution is 2.63. The Morgan fingerprint density at radius 2 is 0.573 bits per heavy atom. The Hall–Kier alpha value is -4.18. The first-order chi connectivity index (χ1) is 34.0. The predicted octanol–water partition coefficient (Wildman–Crippen LogP) is 20.2. The first kappa shape index (κ1) is 60.1. The average molecular weight is 1050 g/mol. The third-order valence-corrected chi connectivity index (χ3v) is 16.2. The maximum atomic E-state index is 12.3. The van der Waals surface area contributed by atoms with Crippen LogP contribution in [0.1, 0.15) is 211 Å². The summed E-state index contributed by atoms with van der Waals surface area (Å²) in [7, 11) is -5.94. The minimum Gasteiger partial charge on any atom is -0.425 e. The summed E-state index contributed by atoms with van der Waals surface area (Å²) in [6.07, 6.45) is 0. The fourth-order valence-corrected chi connectivity index (χ4v) is 11.3. The Labute approximate surface area is 457 Å². The smallest absolute Gasteiger partial charge is 0.401 e. The molecule has 0 amide bonds. The summed E-state index contributed by atoms with van der Waals surface area (Å²) >= 11 is 0. The number of hydrogen-bond donors (Lipinski definition) is 3. The maximum Gasteiger partial charge on any atom is 0.401 e. The lowest BCUT2D eigenvalue weighted by molar-refractivity contribution is 0.329. The zero-order chi connectivity index (χ0) is 56.6. The van der Waals surface area contributed by atoms with Gasteiger partial charge in [0.25, 0.3) is 0 Å². The quantitative estimate of drug-likeness (QED) is 0.126. The van der Waals surface area contributed by atoms with E-state index in [9.17, 15) is 14.7 Å². The van der Waals surface area contributed by atoms with Gasteiger partial charge in [-0.2, -0.15) is 0 Å². The second kappa shape index (κ2) is 20.9. The highest BCUT2D eigenvalue weighted by atomic mass is 31.2. The first-order valence-corrected chi connectivity index (χ1v) is 29.3. The molecule has 0 aliphatic rings. The average Bonchev–Trinajstić information content (AvgIpc) is 3.25. The van der Waals surface area contributed by atoms with Gasteiger partial charge in [0.2, 0.25) is 0 Å². The van der Waals surface area contributed by atoms with E-state index >= 15 is 0 Å².